The molecule has 124 valence electrons. The van der Waals surface area contributed by atoms with Crippen molar-refractivity contribution in [1.82, 2.24) is 19.6 Å². The Morgan fingerprint density at radius 2 is 1.92 bits per heavy atom. The molecule has 0 atom stereocenters. The number of hydrogen-bond acceptors (Lipinski definition) is 4. The number of nitrogens with zero attached hydrogens (tertiary/aromatic N) is 4. The molecule has 0 aliphatic rings. The van der Waals surface area contributed by atoms with Crippen LogP contribution in [0, 0.1) is 12.7 Å². The summed E-state index contributed by atoms with van der Waals surface area (Å²) >= 11 is 0. The van der Waals surface area contributed by atoms with Gasteiger partial charge in [-0.2, -0.15) is 4.98 Å². The number of aromatic nitrogens is 4. The molecule has 0 bridgehead atoms. The first kappa shape index (κ1) is 15.3. The molecule has 25 heavy (non-hydrogen) atoms. The first-order valence-corrected chi connectivity index (χ1v) is 7.96. The second kappa shape index (κ2) is 6.32. The predicted molar refractivity (Wildman–Crippen MR) is 94.4 cm³/mol. The van der Waals surface area contributed by atoms with E-state index in [-0.39, 0.29) is 5.82 Å². The Bertz CT molecular complexity index is 1030. The van der Waals surface area contributed by atoms with E-state index in [9.17, 15) is 4.39 Å². The molecular formula is C19H16FN5. The molecule has 3 aromatic heterocycles. The van der Waals surface area contributed by atoms with Gasteiger partial charge in [0, 0.05) is 30.2 Å². The normalized spacial score (nSPS) is 11.0. The molecule has 0 aliphatic carbocycles. The summed E-state index contributed by atoms with van der Waals surface area (Å²) in [5, 5.41) is 7.67. The molecule has 0 unspecified atom stereocenters. The highest BCUT2D eigenvalue weighted by atomic mass is 19.1. The van der Waals surface area contributed by atoms with Gasteiger partial charge in [-0.3, -0.25) is 4.98 Å². The molecule has 0 aliphatic heterocycles. The maximum Gasteiger partial charge on any atom is 0.247 e. The highest BCUT2D eigenvalue weighted by Gasteiger charge is 2.09. The van der Waals surface area contributed by atoms with Crippen molar-refractivity contribution in [3.05, 3.63) is 83.6 Å². The molecule has 6 heteroatoms. The van der Waals surface area contributed by atoms with Crippen molar-refractivity contribution in [2.24, 2.45) is 0 Å². The number of nitrogens with one attached hydrogen (secondary N) is 1. The fourth-order valence-electron chi connectivity index (χ4n) is 2.71. The fraction of sp³-hybridized carbons (Fsp3) is 0.105. The Morgan fingerprint density at radius 3 is 2.72 bits per heavy atom. The van der Waals surface area contributed by atoms with Crippen LogP contribution in [0.5, 0.6) is 0 Å². The molecule has 5 nitrogen and oxygen atoms in total. The Morgan fingerprint density at radius 1 is 1.08 bits per heavy atom. The van der Waals surface area contributed by atoms with E-state index in [0.29, 0.717) is 11.5 Å². The maximum atomic E-state index is 13.4. The number of rotatable bonds is 4. The molecule has 0 amide bonds. The van der Waals surface area contributed by atoms with Crippen LogP contribution in [0.2, 0.25) is 0 Å². The third-order valence-corrected chi connectivity index (χ3v) is 3.99. The van der Waals surface area contributed by atoms with E-state index in [4.69, 9.17) is 0 Å². The third kappa shape index (κ3) is 3.19. The minimum atomic E-state index is -0.229. The van der Waals surface area contributed by atoms with Gasteiger partial charge in [0.25, 0.3) is 0 Å². The van der Waals surface area contributed by atoms with E-state index >= 15 is 0 Å². The van der Waals surface area contributed by atoms with Crippen molar-refractivity contribution < 1.29 is 4.39 Å². The van der Waals surface area contributed by atoms with Gasteiger partial charge >= 0.3 is 0 Å². The van der Waals surface area contributed by atoms with Gasteiger partial charge in [0.1, 0.15) is 5.82 Å². The Balaban J connectivity index is 1.65. The van der Waals surface area contributed by atoms with Crippen LogP contribution in [-0.2, 0) is 6.42 Å². The number of halogens is 1. The van der Waals surface area contributed by atoms with E-state index in [2.05, 4.69) is 20.4 Å². The highest BCUT2D eigenvalue weighted by molar-refractivity contribution is 5.57. The highest BCUT2D eigenvalue weighted by Crippen LogP contribution is 2.19. The summed E-state index contributed by atoms with van der Waals surface area (Å²) in [5.41, 5.74) is 4.27. The topological polar surface area (TPSA) is 55.1 Å². The monoisotopic (exact) mass is 333 g/mol. The largest absolute Gasteiger partial charge is 0.323 e. The summed E-state index contributed by atoms with van der Waals surface area (Å²) in [6.45, 7) is 1.73. The zero-order valence-corrected chi connectivity index (χ0v) is 13.6. The van der Waals surface area contributed by atoms with E-state index in [1.165, 1.54) is 6.07 Å². The quantitative estimate of drug-likeness (QED) is 0.615. The summed E-state index contributed by atoms with van der Waals surface area (Å²) in [7, 11) is 0. The second-order valence-electron chi connectivity index (χ2n) is 5.84. The first-order valence-electron chi connectivity index (χ1n) is 7.96. The smallest absolute Gasteiger partial charge is 0.247 e. The molecule has 4 rings (SSSR count). The van der Waals surface area contributed by atoms with Gasteiger partial charge in [-0.1, -0.05) is 6.07 Å². The standard InChI is InChI=1S/C19H16FN5/c1-13-11-15(5-6-17(13)20)22-19-23-18-4-2-3-16(25(18)24-19)12-14-7-9-21-10-8-14/h2-11H,12H2,1H3,(H,22,24). The van der Waals surface area contributed by atoms with E-state index in [1.54, 1.807) is 31.5 Å². The van der Waals surface area contributed by atoms with Crippen LogP contribution in [0.3, 0.4) is 0 Å². The molecule has 4 aromatic rings. The number of benzene rings is 1. The second-order valence-corrected chi connectivity index (χ2v) is 5.84. The van der Waals surface area contributed by atoms with Gasteiger partial charge in [0.2, 0.25) is 5.95 Å². The molecular weight excluding hydrogens is 317 g/mol. The fourth-order valence-corrected chi connectivity index (χ4v) is 2.71. The molecule has 1 aromatic carbocycles. The van der Waals surface area contributed by atoms with Crippen molar-refractivity contribution in [1.29, 1.82) is 0 Å². The SMILES string of the molecule is Cc1cc(Nc2nc3cccc(Cc4ccncc4)n3n2)ccc1F. The van der Waals surface area contributed by atoms with Gasteiger partial charge in [-0.05, 0) is 60.5 Å². The molecule has 0 radical (unpaired) electrons. The summed E-state index contributed by atoms with van der Waals surface area (Å²) < 4.78 is 15.2. The molecule has 0 fully saturated rings. The molecule has 0 saturated heterocycles. The van der Waals surface area contributed by atoms with Crippen LogP contribution < -0.4 is 5.32 Å². The lowest BCUT2D eigenvalue weighted by molar-refractivity contribution is 0.619. The zero-order valence-electron chi connectivity index (χ0n) is 13.6. The Labute approximate surface area is 144 Å². The van der Waals surface area contributed by atoms with Gasteiger partial charge < -0.3 is 5.32 Å². The molecule has 3 heterocycles. The van der Waals surface area contributed by atoms with Crippen LogP contribution in [0.15, 0.2) is 60.9 Å². The number of aryl methyl sites for hydroxylation is 1. The summed E-state index contributed by atoms with van der Waals surface area (Å²) in [6, 6.07) is 14.7. The van der Waals surface area contributed by atoms with Crippen molar-refractivity contribution in [2.75, 3.05) is 5.32 Å². The van der Waals surface area contributed by atoms with Gasteiger partial charge in [-0.25, -0.2) is 8.91 Å². The summed E-state index contributed by atoms with van der Waals surface area (Å²) in [4.78, 5) is 8.54. The lowest BCUT2D eigenvalue weighted by Crippen LogP contribution is -2.00. The maximum absolute atomic E-state index is 13.4. The number of pyridine rings is 2. The molecule has 0 saturated carbocycles. The minimum Gasteiger partial charge on any atom is -0.323 e. The lowest BCUT2D eigenvalue weighted by atomic mass is 10.1. The van der Waals surface area contributed by atoms with Crippen LogP contribution in [0.25, 0.3) is 5.65 Å². The molecule has 0 spiro atoms. The zero-order chi connectivity index (χ0) is 17.2. The van der Waals surface area contributed by atoms with Crippen LogP contribution >= 0.6 is 0 Å². The Kier molecular flexibility index (Phi) is 3.85. The van der Waals surface area contributed by atoms with Gasteiger partial charge in [-0.15, -0.1) is 5.10 Å². The number of fused-ring (bicyclic) bond motifs is 1. The summed E-state index contributed by atoms with van der Waals surface area (Å²) in [6.07, 6.45) is 4.29. The van der Waals surface area contributed by atoms with Crippen molar-refractivity contribution in [2.45, 2.75) is 13.3 Å². The van der Waals surface area contributed by atoms with Gasteiger partial charge in [0.15, 0.2) is 5.65 Å². The van der Waals surface area contributed by atoms with E-state index < -0.39 is 0 Å². The average Bonchev–Trinajstić information content (AvgIpc) is 3.03. The number of anilines is 2. The van der Waals surface area contributed by atoms with Gasteiger partial charge in [0.05, 0.1) is 0 Å². The first-order chi connectivity index (χ1) is 12.2. The summed E-state index contributed by atoms with van der Waals surface area (Å²) in [5.74, 6) is 0.251. The van der Waals surface area contributed by atoms with Crippen molar-refractivity contribution >= 4 is 17.3 Å². The van der Waals surface area contributed by atoms with E-state index in [1.807, 2.05) is 34.8 Å². The molecule has 1 N–H and O–H groups in total. The third-order valence-electron chi connectivity index (χ3n) is 3.99. The van der Waals surface area contributed by atoms with Crippen molar-refractivity contribution in [3.8, 4) is 0 Å². The minimum absolute atomic E-state index is 0.229. The average molecular weight is 333 g/mol. The Hall–Kier alpha value is -3.28. The number of hydrogen-bond donors (Lipinski definition) is 1. The van der Waals surface area contributed by atoms with Crippen LogP contribution in [0.1, 0.15) is 16.8 Å². The van der Waals surface area contributed by atoms with Crippen LogP contribution in [0.4, 0.5) is 16.0 Å². The predicted octanol–water partition coefficient (Wildman–Crippen LogP) is 3.91. The van der Waals surface area contributed by atoms with Crippen molar-refractivity contribution in [3.63, 3.8) is 0 Å². The van der Waals surface area contributed by atoms with Crippen LogP contribution in [-0.4, -0.2) is 19.6 Å². The van der Waals surface area contributed by atoms with E-state index in [0.717, 1.165) is 29.0 Å². The lowest BCUT2D eigenvalue weighted by Gasteiger charge is -2.04.